The van der Waals surface area contributed by atoms with E-state index in [9.17, 15) is 4.79 Å². The third kappa shape index (κ3) is 3.43. The maximum atomic E-state index is 11.0. The smallest absolute Gasteiger partial charge is 0.325 e. The van der Waals surface area contributed by atoms with Gasteiger partial charge in [-0.2, -0.15) is 0 Å². The lowest BCUT2D eigenvalue weighted by Crippen LogP contribution is -2.17. The molecule has 0 fully saturated rings. The second-order valence-electron chi connectivity index (χ2n) is 2.88. The first-order valence-electron chi connectivity index (χ1n) is 4.54. The number of pyridine rings is 1. The molecule has 0 atom stereocenters. The highest BCUT2D eigenvalue weighted by molar-refractivity contribution is 5.74. The fourth-order valence-corrected chi connectivity index (χ4v) is 0.947. The zero-order valence-corrected chi connectivity index (χ0v) is 8.41. The van der Waals surface area contributed by atoms with Gasteiger partial charge in [-0.1, -0.05) is 6.07 Å². The van der Waals surface area contributed by atoms with Crippen LogP contribution in [0.1, 0.15) is 12.5 Å². The van der Waals surface area contributed by atoms with Crippen molar-refractivity contribution in [2.75, 3.05) is 18.5 Å². The van der Waals surface area contributed by atoms with Gasteiger partial charge >= 0.3 is 5.97 Å². The minimum Gasteiger partial charge on any atom is -0.465 e. The van der Waals surface area contributed by atoms with E-state index in [4.69, 9.17) is 4.74 Å². The summed E-state index contributed by atoms with van der Waals surface area (Å²) in [5.74, 6) is 0.415. The number of aromatic nitrogens is 1. The second-order valence-corrected chi connectivity index (χ2v) is 2.88. The molecule has 1 aromatic rings. The number of nitrogens with one attached hydrogen (secondary N) is 1. The largest absolute Gasteiger partial charge is 0.465 e. The molecule has 76 valence electrons. The Kier molecular flexibility index (Phi) is 3.91. The Balaban J connectivity index is 2.38. The van der Waals surface area contributed by atoms with Gasteiger partial charge in [0, 0.05) is 6.20 Å². The lowest BCUT2D eigenvalue weighted by molar-refractivity contribution is -0.140. The van der Waals surface area contributed by atoms with E-state index in [-0.39, 0.29) is 12.5 Å². The van der Waals surface area contributed by atoms with Crippen molar-refractivity contribution in [3.63, 3.8) is 0 Å². The Bertz CT molecular complexity index is 295. The van der Waals surface area contributed by atoms with Crippen LogP contribution in [-0.4, -0.2) is 24.1 Å². The predicted octanol–water partition coefficient (Wildman–Crippen LogP) is 1.37. The fourth-order valence-electron chi connectivity index (χ4n) is 0.947. The van der Waals surface area contributed by atoms with E-state index in [2.05, 4.69) is 10.3 Å². The summed E-state index contributed by atoms with van der Waals surface area (Å²) < 4.78 is 4.76. The topological polar surface area (TPSA) is 51.2 Å². The van der Waals surface area contributed by atoms with E-state index in [1.165, 1.54) is 0 Å². The number of esters is 1. The predicted molar refractivity (Wildman–Crippen MR) is 54.1 cm³/mol. The number of anilines is 1. The molecule has 4 heteroatoms. The van der Waals surface area contributed by atoms with Gasteiger partial charge in [0.05, 0.1) is 6.61 Å². The molecule has 0 aromatic carbocycles. The van der Waals surface area contributed by atoms with Crippen molar-refractivity contribution in [2.24, 2.45) is 0 Å². The minimum absolute atomic E-state index is 0.157. The van der Waals surface area contributed by atoms with Crippen LogP contribution < -0.4 is 5.32 Å². The number of rotatable bonds is 4. The van der Waals surface area contributed by atoms with Crippen LogP contribution in [0.2, 0.25) is 0 Å². The molecule has 14 heavy (non-hydrogen) atoms. The Hall–Kier alpha value is -1.58. The van der Waals surface area contributed by atoms with Crippen LogP contribution >= 0.6 is 0 Å². The molecule has 0 aliphatic heterocycles. The normalized spacial score (nSPS) is 9.57. The van der Waals surface area contributed by atoms with Gasteiger partial charge in [0.25, 0.3) is 0 Å². The Morgan fingerprint density at radius 2 is 2.36 bits per heavy atom. The van der Waals surface area contributed by atoms with Crippen LogP contribution in [0.4, 0.5) is 5.82 Å². The summed E-state index contributed by atoms with van der Waals surface area (Å²) in [6.07, 6.45) is 1.74. The fraction of sp³-hybridized carbons (Fsp3) is 0.400. The summed E-state index contributed by atoms with van der Waals surface area (Å²) in [7, 11) is 0. The van der Waals surface area contributed by atoms with E-state index in [1.54, 1.807) is 13.1 Å². The van der Waals surface area contributed by atoms with Gasteiger partial charge < -0.3 is 10.1 Å². The van der Waals surface area contributed by atoms with E-state index < -0.39 is 0 Å². The van der Waals surface area contributed by atoms with Crippen LogP contribution in [0.15, 0.2) is 18.3 Å². The van der Waals surface area contributed by atoms with Crippen molar-refractivity contribution in [3.05, 3.63) is 23.9 Å². The van der Waals surface area contributed by atoms with Gasteiger partial charge in [0.2, 0.25) is 0 Å². The Morgan fingerprint density at radius 1 is 1.57 bits per heavy atom. The Morgan fingerprint density at radius 3 is 2.93 bits per heavy atom. The molecule has 1 heterocycles. The quantitative estimate of drug-likeness (QED) is 0.735. The highest BCUT2D eigenvalue weighted by Gasteiger charge is 2.00. The van der Waals surface area contributed by atoms with Gasteiger partial charge in [0.1, 0.15) is 12.4 Å². The van der Waals surface area contributed by atoms with Gasteiger partial charge in [-0.05, 0) is 25.5 Å². The Labute approximate surface area is 83.3 Å². The summed E-state index contributed by atoms with van der Waals surface area (Å²) in [4.78, 5) is 15.1. The number of aryl methyl sites for hydroxylation is 1. The third-order valence-electron chi connectivity index (χ3n) is 1.63. The first-order valence-corrected chi connectivity index (χ1v) is 4.54. The molecule has 0 amide bonds. The molecule has 0 aliphatic carbocycles. The number of carbonyl (C=O) groups is 1. The van der Waals surface area contributed by atoms with Crippen molar-refractivity contribution in [1.82, 2.24) is 4.98 Å². The van der Waals surface area contributed by atoms with Crippen LogP contribution in [0, 0.1) is 6.92 Å². The summed E-state index contributed by atoms with van der Waals surface area (Å²) in [5.41, 5.74) is 1.09. The number of nitrogens with zero attached hydrogens (tertiary/aromatic N) is 1. The van der Waals surface area contributed by atoms with E-state index in [1.807, 2.05) is 19.1 Å². The highest BCUT2D eigenvalue weighted by atomic mass is 16.5. The van der Waals surface area contributed by atoms with Crippen molar-refractivity contribution < 1.29 is 9.53 Å². The second kappa shape index (κ2) is 5.21. The van der Waals surface area contributed by atoms with Crippen molar-refractivity contribution in [1.29, 1.82) is 0 Å². The lowest BCUT2D eigenvalue weighted by atomic mass is 10.3. The average Bonchev–Trinajstić information content (AvgIpc) is 2.17. The molecule has 1 N–H and O–H groups in total. The van der Waals surface area contributed by atoms with Gasteiger partial charge in [-0.25, -0.2) is 4.98 Å². The summed E-state index contributed by atoms with van der Waals surface area (Å²) in [5, 5.41) is 2.87. The highest BCUT2D eigenvalue weighted by Crippen LogP contribution is 2.02. The molecule has 0 aliphatic rings. The monoisotopic (exact) mass is 194 g/mol. The molecule has 0 saturated heterocycles. The minimum atomic E-state index is -0.269. The van der Waals surface area contributed by atoms with Gasteiger partial charge in [-0.3, -0.25) is 4.79 Å². The first-order chi connectivity index (χ1) is 6.72. The zero-order chi connectivity index (χ0) is 10.4. The molecule has 0 spiro atoms. The van der Waals surface area contributed by atoms with Crippen LogP contribution in [-0.2, 0) is 9.53 Å². The zero-order valence-electron chi connectivity index (χ0n) is 8.41. The number of hydrogen-bond donors (Lipinski definition) is 1. The summed E-state index contributed by atoms with van der Waals surface area (Å²) >= 11 is 0. The molecular formula is C10H14N2O2. The van der Waals surface area contributed by atoms with Crippen LogP contribution in [0.25, 0.3) is 0 Å². The average molecular weight is 194 g/mol. The maximum Gasteiger partial charge on any atom is 0.325 e. The molecular weight excluding hydrogens is 180 g/mol. The SMILES string of the molecule is CCOC(=O)CNc1ccc(C)cn1. The van der Waals surface area contributed by atoms with Gasteiger partial charge in [0.15, 0.2) is 0 Å². The third-order valence-corrected chi connectivity index (χ3v) is 1.63. The molecule has 0 bridgehead atoms. The molecule has 1 rings (SSSR count). The van der Waals surface area contributed by atoms with Crippen LogP contribution in [0.3, 0.4) is 0 Å². The lowest BCUT2D eigenvalue weighted by Gasteiger charge is -2.04. The van der Waals surface area contributed by atoms with E-state index in [0.717, 1.165) is 5.56 Å². The van der Waals surface area contributed by atoms with E-state index >= 15 is 0 Å². The van der Waals surface area contributed by atoms with Crippen molar-refractivity contribution in [3.8, 4) is 0 Å². The molecule has 0 saturated carbocycles. The number of ether oxygens (including phenoxy) is 1. The molecule has 4 nitrogen and oxygen atoms in total. The van der Waals surface area contributed by atoms with Crippen LogP contribution in [0.5, 0.6) is 0 Å². The number of hydrogen-bond acceptors (Lipinski definition) is 4. The first kappa shape index (κ1) is 10.5. The van der Waals surface area contributed by atoms with Crippen molar-refractivity contribution >= 4 is 11.8 Å². The number of carbonyl (C=O) groups excluding carboxylic acids is 1. The standard InChI is InChI=1S/C10H14N2O2/c1-3-14-10(13)7-12-9-5-4-8(2)6-11-9/h4-6H,3,7H2,1-2H3,(H,11,12). The molecule has 0 radical (unpaired) electrons. The van der Waals surface area contributed by atoms with Gasteiger partial charge in [-0.15, -0.1) is 0 Å². The maximum absolute atomic E-state index is 11.0. The molecule has 0 unspecified atom stereocenters. The summed E-state index contributed by atoms with van der Waals surface area (Å²) in [6.45, 7) is 4.30. The summed E-state index contributed by atoms with van der Waals surface area (Å²) in [6, 6.07) is 3.76. The van der Waals surface area contributed by atoms with Crippen molar-refractivity contribution in [2.45, 2.75) is 13.8 Å². The molecule has 1 aromatic heterocycles. The van der Waals surface area contributed by atoms with E-state index in [0.29, 0.717) is 12.4 Å².